The first-order chi connectivity index (χ1) is 15.3. The molecule has 3 rings (SSSR count). The number of hydrogen-bond acceptors (Lipinski definition) is 3. The van der Waals surface area contributed by atoms with Crippen molar-refractivity contribution in [2.24, 2.45) is 0 Å². The molecule has 1 aliphatic rings. The number of aryl methyl sites for hydroxylation is 2. The van der Waals surface area contributed by atoms with Crippen molar-refractivity contribution in [1.82, 2.24) is 10.2 Å². The molecular formula is C26H33BrN2O3. The zero-order valence-electron chi connectivity index (χ0n) is 19.2. The van der Waals surface area contributed by atoms with Crippen LogP contribution >= 0.6 is 15.9 Å². The van der Waals surface area contributed by atoms with E-state index in [4.69, 9.17) is 4.74 Å². The lowest BCUT2D eigenvalue weighted by Gasteiger charge is -2.31. The van der Waals surface area contributed by atoms with E-state index in [9.17, 15) is 9.59 Å². The van der Waals surface area contributed by atoms with Gasteiger partial charge in [0.05, 0.1) is 0 Å². The fourth-order valence-corrected chi connectivity index (χ4v) is 4.34. The highest BCUT2D eigenvalue weighted by Gasteiger charge is 2.28. The molecule has 0 saturated heterocycles. The minimum absolute atomic E-state index is 0.0996. The number of carbonyl (C=O) groups is 2. The molecular weight excluding hydrogens is 468 g/mol. The third kappa shape index (κ3) is 6.83. The smallest absolute Gasteiger partial charge is 0.261 e. The highest BCUT2D eigenvalue weighted by molar-refractivity contribution is 9.10. The maximum Gasteiger partial charge on any atom is 0.261 e. The van der Waals surface area contributed by atoms with Crippen LogP contribution in [0.5, 0.6) is 5.75 Å². The van der Waals surface area contributed by atoms with Crippen molar-refractivity contribution >= 4 is 27.7 Å². The second kappa shape index (κ2) is 11.5. The first-order valence-electron chi connectivity index (χ1n) is 11.4. The predicted molar refractivity (Wildman–Crippen MR) is 131 cm³/mol. The second-order valence-electron chi connectivity index (χ2n) is 8.73. The Labute approximate surface area is 199 Å². The van der Waals surface area contributed by atoms with Crippen LogP contribution in [-0.2, 0) is 16.1 Å². The Morgan fingerprint density at radius 3 is 2.56 bits per heavy atom. The van der Waals surface area contributed by atoms with Crippen molar-refractivity contribution in [3.05, 3.63) is 63.6 Å². The van der Waals surface area contributed by atoms with E-state index in [1.165, 1.54) is 6.42 Å². The maximum atomic E-state index is 13.2. The third-order valence-electron chi connectivity index (χ3n) is 6.05. The molecule has 1 fully saturated rings. The number of nitrogens with zero attached hydrogens (tertiary/aromatic N) is 1. The Kier molecular flexibility index (Phi) is 8.74. The van der Waals surface area contributed by atoms with Crippen molar-refractivity contribution in [1.29, 1.82) is 0 Å². The molecule has 0 bridgehead atoms. The van der Waals surface area contributed by atoms with Gasteiger partial charge in [-0.2, -0.15) is 0 Å². The minimum atomic E-state index is -0.583. The lowest BCUT2D eigenvalue weighted by Crippen LogP contribution is -2.51. The van der Waals surface area contributed by atoms with Crippen LogP contribution < -0.4 is 10.1 Å². The first kappa shape index (κ1) is 24.3. The summed E-state index contributed by atoms with van der Waals surface area (Å²) >= 11 is 3.48. The van der Waals surface area contributed by atoms with Gasteiger partial charge < -0.3 is 15.0 Å². The zero-order valence-corrected chi connectivity index (χ0v) is 20.8. The van der Waals surface area contributed by atoms with E-state index in [0.717, 1.165) is 46.8 Å². The average molecular weight is 501 g/mol. The predicted octanol–water partition coefficient (Wildman–Crippen LogP) is 5.31. The van der Waals surface area contributed by atoms with Gasteiger partial charge >= 0.3 is 0 Å². The molecule has 2 amide bonds. The standard InChI is InChI=1S/C26H33BrN2O3/c1-18-8-7-9-21(14-18)16-29(20(3)26(31)28-22-10-5-4-6-11-22)25(30)17-32-23-12-13-24(27)19(2)15-23/h7-9,12-15,20,22H,4-6,10-11,16-17H2,1-3H3,(H,28,31). The summed E-state index contributed by atoms with van der Waals surface area (Å²) in [6, 6.07) is 13.3. The summed E-state index contributed by atoms with van der Waals surface area (Å²) in [4.78, 5) is 27.9. The molecule has 1 aliphatic carbocycles. The fraction of sp³-hybridized carbons (Fsp3) is 0.462. The van der Waals surface area contributed by atoms with Crippen molar-refractivity contribution < 1.29 is 14.3 Å². The van der Waals surface area contributed by atoms with Crippen LogP contribution in [0.25, 0.3) is 0 Å². The monoisotopic (exact) mass is 500 g/mol. The fourth-order valence-electron chi connectivity index (χ4n) is 4.09. The molecule has 2 aromatic carbocycles. The van der Waals surface area contributed by atoms with Crippen LogP contribution in [0.1, 0.15) is 55.7 Å². The number of ether oxygens (including phenoxy) is 1. The highest BCUT2D eigenvalue weighted by Crippen LogP contribution is 2.22. The molecule has 0 spiro atoms. The third-order valence-corrected chi connectivity index (χ3v) is 6.94. The summed E-state index contributed by atoms with van der Waals surface area (Å²) in [6.45, 7) is 6.04. The Hall–Kier alpha value is -2.34. The van der Waals surface area contributed by atoms with Crippen molar-refractivity contribution in [2.45, 2.75) is 71.5 Å². The molecule has 2 aromatic rings. The summed E-state index contributed by atoms with van der Waals surface area (Å²) in [7, 11) is 0. The van der Waals surface area contributed by atoms with Gasteiger partial charge in [-0.25, -0.2) is 0 Å². The summed E-state index contributed by atoms with van der Waals surface area (Å²) in [6.07, 6.45) is 5.54. The highest BCUT2D eigenvalue weighted by atomic mass is 79.9. The molecule has 0 aromatic heterocycles. The largest absolute Gasteiger partial charge is 0.484 e. The van der Waals surface area contributed by atoms with Crippen molar-refractivity contribution in [3.63, 3.8) is 0 Å². The molecule has 0 heterocycles. The van der Waals surface area contributed by atoms with E-state index in [-0.39, 0.29) is 24.5 Å². The topological polar surface area (TPSA) is 58.6 Å². The number of nitrogens with one attached hydrogen (secondary N) is 1. The van der Waals surface area contributed by atoms with E-state index in [1.54, 1.807) is 11.8 Å². The van der Waals surface area contributed by atoms with Gasteiger partial charge in [-0.3, -0.25) is 9.59 Å². The normalized spacial score (nSPS) is 15.1. The number of halogens is 1. The van der Waals surface area contributed by atoms with Gasteiger partial charge in [-0.05, 0) is 62.9 Å². The Morgan fingerprint density at radius 1 is 1.12 bits per heavy atom. The van der Waals surface area contributed by atoms with Crippen LogP contribution in [0.2, 0.25) is 0 Å². The summed E-state index contributed by atoms with van der Waals surface area (Å²) in [5.74, 6) is 0.324. The van der Waals surface area contributed by atoms with Gasteiger partial charge in [0.15, 0.2) is 6.61 Å². The molecule has 0 aliphatic heterocycles. The molecule has 1 saturated carbocycles. The van der Waals surface area contributed by atoms with Gasteiger partial charge in [-0.15, -0.1) is 0 Å². The SMILES string of the molecule is Cc1cccc(CN(C(=O)COc2ccc(Br)c(C)c2)C(C)C(=O)NC2CCCCC2)c1. The van der Waals surface area contributed by atoms with E-state index < -0.39 is 6.04 Å². The summed E-state index contributed by atoms with van der Waals surface area (Å²) in [5.41, 5.74) is 3.15. The Balaban J connectivity index is 1.71. The van der Waals surface area contributed by atoms with Gasteiger partial charge in [0.25, 0.3) is 5.91 Å². The molecule has 172 valence electrons. The van der Waals surface area contributed by atoms with Crippen molar-refractivity contribution in [2.75, 3.05) is 6.61 Å². The Morgan fingerprint density at radius 2 is 1.88 bits per heavy atom. The Bertz CT molecular complexity index is 940. The van der Waals surface area contributed by atoms with Crippen LogP contribution in [0.3, 0.4) is 0 Å². The zero-order chi connectivity index (χ0) is 23.1. The number of hydrogen-bond donors (Lipinski definition) is 1. The average Bonchev–Trinajstić information content (AvgIpc) is 2.78. The van der Waals surface area contributed by atoms with Crippen molar-refractivity contribution in [3.8, 4) is 5.75 Å². The van der Waals surface area contributed by atoms with Crippen LogP contribution in [0, 0.1) is 13.8 Å². The number of rotatable bonds is 8. The van der Waals surface area contributed by atoms with Gasteiger partial charge in [0.2, 0.25) is 5.91 Å². The van der Waals surface area contributed by atoms with E-state index in [0.29, 0.717) is 12.3 Å². The van der Waals surface area contributed by atoms with Crippen LogP contribution in [-0.4, -0.2) is 35.4 Å². The lowest BCUT2D eigenvalue weighted by molar-refractivity contribution is -0.142. The number of benzene rings is 2. The molecule has 1 atom stereocenters. The molecule has 6 heteroatoms. The lowest BCUT2D eigenvalue weighted by atomic mass is 9.95. The van der Waals surface area contributed by atoms with E-state index in [2.05, 4.69) is 21.2 Å². The van der Waals surface area contributed by atoms with Crippen LogP contribution in [0.4, 0.5) is 0 Å². The second-order valence-corrected chi connectivity index (χ2v) is 9.58. The molecule has 32 heavy (non-hydrogen) atoms. The molecule has 5 nitrogen and oxygen atoms in total. The minimum Gasteiger partial charge on any atom is -0.484 e. The molecule has 0 radical (unpaired) electrons. The van der Waals surface area contributed by atoms with Gasteiger partial charge in [0, 0.05) is 17.1 Å². The molecule has 1 unspecified atom stereocenters. The summed E-state index contributed by atoms with van der Waals surface area (Å²) in [5, 5.41) is 3.16. The van der Waals surface area contributed by atoms with Crippen LogP contribution in [0.15, 0.2) is 46.9 Å². The van der Waals surface area contributed by atoms with E-state index in [1.807, 2.05) is 56.3 Å². The molecule has 1 N–H and O–H groups in total. The maximum absolute atomic E-state index is 13.2. The summed E-state index contributed by atoms with van der Waals surface area (Å²) < 4.78 is 6.77. The van der Waals surface area contributed by atoms with Gasteiger partial charge in [0.1, 0.15) is 11.8 Å². The van der Waals surface area contributed by atoms with E-state index >= 15 is 0 Å². The number of amides is 2. The number of carbonyl (C=O) groups excluding carboxylic acids is 2. The van der Waals surface area contributed by atoms with Gasteiger partial charge in [-0.1, -0.05) is 65.0 Å². The quantitative estimate of drug-likeness (QED) is 0.534. The first-order valence-corrected chi connectivity index (χ1v) is 12.2.